The predicted molar refractivity (Wildman–Crippen MR) is 84.6 cm³/mol. The molecule has 0 aliphatic carbocycles. The molecule has 2 amide bonds. The Morgan fingerprint density at radius 1 is 0.654 bits per heavy atom. The lowest BCUT2D eigenvalue weighted by Crippen LogP contribution is -2.17. The van der Waals surface area contributed by atoms with Gasteiger partial charge in [0.1, 0.15) is 0 Å². The number of hydrogen-bond donors (Lipinski definition) is 2. The highest BCUT2D eigenvalue weighted by Gasteiger charge is 2.20. The monoisotopic (exact) mass is 372 g/mol. The smallest absolute Gasteiger partial charge is 0.453 e. The second kappa shape index (κ2) is 9.56. The van der Waals surface area contributed by atoms with Crippen molar-refractivity contribution in [1.29, 1.82) is 0 Å². The third-order valence-electron chi connectivity index (χ3n) is 2.65. The van der Waals surface area contributed by atoms with Crippen LogP contribution in [0.3, 0.4) is 0 Å². The van der Waals surface area contributed by atoms with Crippen molar-refractivity contribution in [1.82, 2.24) is 0 Å². The van der Waals surface area contributed by atoms with E-state index in [1.54, 1.807) is 0 Å². The Kier molecular flexibility index (Phi) is 7.48. The van der Waals surface area contributed by atoms with E-state index in [1.807, 2.05) is 0 Å². The van der Waals surface area contributed by atoms with Gasteiger partial charge in [-0.05, 0) is 0 Å². The van der Waals surface area contributed by atoms with Crippen LogP contribution in [0.1, 0.15) is 0 Å². The van der Waals surface area contributed by atoms with Crippen molar-refractivity contribution in [2.24, 2.45) is 0 Å². The second-order valence-corrected chi connectivity index (χ2v) is 4.19. The lowest BCUT2D eigenvalue weighted by Gasteiger charge is -2.15. The van der Waals surface area contributed by atoms with Crippen LogP contribution in [0.25, 0.3) is 0 Å². The number of anilines is 2. The number of benzene rings is 1. The van der Waals surface area contributed by atoms with Gasteiger partial charge < -0.3 is 28.4 Å². The second-order valence-electron chi connectivity index (χ2n) is 4.19. The zero-order valence-electron chi connectivity index (χ0n) is 14.2. The molecule has 0 saturated carbocycles. The molecular weight excluding hydrogens is 356 g/mol. The summed E-state index contributed by atoms with van der Waals surface area (Å²) in [6, 6.07) is 2.16. The van der Waals surface area contributed by atoms with Gasteiger partial charge >= 0.3 is 24.5 Å². The average Bonchev–Trinajstić information content (AvgIpc) is 2.63. The highest BCUT2D eigenvalue weighted by atomic mass is 16.7. The summed E-state index contributed by atoms with van der Waals surface area (Å²) in [5.74, 6) is -0.489. The van der Waals surface area contributed by atoms with Gasteiger partial charge in [-0.15, -0.1) is 0 Å². The number of ether oxygens (including phenoxy) is 6. The third kappa shape index (κ3) is 5.74. The van der Waals surface area contributed by atoms with Gasteiger partial charge in [0.15, 0.2) is 11.5 Å². The molecular formula is C14H16N2O10. The zero-order chi connectivity index (χ0) is 19.7. The minimum absolute atomic E-state index is 0.128. The first-order valence-corrected chi connectivity index (χ1v) is 6.74. The van der Waals surface area contributed by atoms with E-state index in [4.69, 9.17) is 9.47 Å². The summed E-state index contributed by atoms with van der Waals surface area (Å²) in [5, 5.41) is 4.49. The van der Waals surface area contributed by atoms with Crippen LogP contribution >= 0.6 is 0 Å². The van der Waals surface area contributed by atoms with Crippen molar-refractivity contribution >= 4 is 35.9 Å². The molecule has 1 rings (SSSR count). The number of hydrogen-bond acceptors (Lipinski definition) is 10. The fourth-order valence-electron chi connectivity index (χ4n) is 1.51. The van der Waals surface area contributed by atoms with Crippen LogP contribution in [0.5, 0.6) is 11.5 Å². The molecule has 0 spiro atoms. The summed E-state index contributed by atoms with van der Waals surface area (Å²) in [4.78, 5) is 45.7. The number of carbonyl (C=O) groups is 4. The molecule has 12 nitrogen and oxygen atoms in total. The quantitative estimate of drug-likeness (QED) is 0.458. The Bertz CT molecular complexity index is 589. The van der Waals surface area contributed by atoms with Gasteiger partial charge in [-0.2, -0.15) is 0 Å². The predicted octanol–water partition coefficient (Wildman–Crippen LogP) is 2.33. The molecule has 2 N–H and O–H groups in total. The standard InChI is InChI=1S/C14H16N2O10/c1-21-11(17)15-7-5-10(26-14(20)24-4)8(16-12(18)22-2)6-9(7)25-13(19)23-3/h5-6H,1-4H3,(H,15,17)(H,16,18). The summed E-state index contributed by atoms with van der Waals surface area (Å²) in [6.45, 7) is 0. The van der Waals surface area contributed by atoms with Crippen molar-refractivity contribution in [3.8, 4) is 11.5 Å². The Morgan fingerprint density at radius 2 is 1.00 bits per heavy atom. The van der Waals surface area contributed by atoms with Crippen molar-refractivity contribution in [3.63, 3.8) is 0 Å². The van der Waals surface area contributed by atoms with Gasteiger partial charge in [-0.1, -0.05) is 0 Å². The van der Waals surface area contributed by atoms with Crippen LogP contribution in [0.2, 0.25) is 0 Å². The normalized spacial score (nSPS) is 9.38. The molecule has 0 unspecified atom stereocenters. The molecule has 0 aliphatic rings. The molecule has 0 fully saturated rings. The summed E-state index contributed by atoms with van der Waals surface area (Å²) >= 11 is 0. The van der Waals surface area contributed by atoms with Crippen LogP contribution in [-0.2, 0) is 18.9 Å². The number of amides is 2. The average molecular weight is 372 g/mol. The molecule has 0 aromatic heterocycles. The maximum absolute atomic E-state index is 11.5. The fourth-order valence-corrected chi connectivity index (χ4v) is 1.51. The van der Waals surface area contributed by atoms with Crippen LogP contribution in [-0.4, -0.2) is 52.9 Å². The molecule has 0 bridgehead atoms. The van der Waals surface area contributed by atoms with Crippen molar-refractivity contribution < 1.29 is 47.6 Å². The molecule has 142 valence electrons. The summed E-state index contributed by atoms with van der Waals surface area (Å²) in [6.07, 6.45) is -4.03. The Morgan fingerprint density at radius 3 is 1.27 bits per heavy atom. The van der Waals surface area contributed by atoms with Crippen LogP contribution < -0.4 is 20.1 Å². The molecule has 12 heteroatoms. The van der Waals surface area contributed by atoms with Gasteiger partial charge in [0, 0.05) is 12.1 Å². The van der Waals surface area contributed by atoms with E-state index < -0.39 is 24.5 Å². The van der Waals surface area contributed by atoms with Gasteiger partial charge in [-0.3, -0.25) is 10.6 Å². The van der Waals surface area contributed by atoms with Gasteiger partial charge in [-0.25, -0.2) is 19.2 Å². The maximum Gasteiger partial charge on any atom is 0.513 e. The minimum atomic E-state index is -1.11. The number of carbonyl (C=O) groups excluding carboxylic acids is 4. The molecule has 26 heavy (non-hydrogen) atoms. The van der Waals surface area contributed by atoms with Crippen molar-refractivity contribution in [2.45, 2.75) is 0 Å². The number of methoxy groups -OCH3 is 4. The van der Waals surface area contributed by atoms with Crippen molar-refractivity contribution in [2.75, 3.05) is 39.1 Å². The van der Waals surface area contributed by atoms with Gasteiger partial charge in [0.2, 0.25) is 0 Å². The SMILES string of the molecule is COC(=O)Nc1cc(OC(=O)OC)c(NC(=O)OC)cc1OC(=O)OC. The van der Waals surface area contributed by atoms with E-state index in [0.717, 1.165) is 40.6 Å². The van der Waals surface area contributed by atoms with Crippen LogP contribution in [0.4, 0.5) is 30.6 Å². The zero-order valence-corrected chi connectivity index (χ0v) is 14.2. The molecule has 0 radical (unpaired) electrons. The molecule has 0 heterocycles. The van der Waals surface area contributed by atoms with E-state index in [-0.39, 0.29) is 22.9 Å². The summed E-state index contributed by atoms with van der Waals surface area (Å²) in [5.41, 5.74) is -0.256. The molecule has 0 saturated heterocycles. The summed E-state index contributed by atoms with van der Waals surface area (Å²) < 4.78 is 27.4. The van der Waals surface area contributed by atoms with Gasteiger partial charge in [0.25, 0.3) is 0 Å². The summed E-state index contributed by atoms with van der Waals surface area (Å²) in [7, 11) is 4.35. The van der Waals surface area contributed by atoms with E-state index in [0.29, 0.717) is 0 Å². The first kappa shape index (κ1) is 20.3. The Labute approximate surface area is 147 Å². The van der Waals surface area contributed by atoms with Crippen molar-refractivity contribution in [3.05, 3.63) is 12.1 Å². The largest absolute Gasteiger partial charge is 0.513 e. The van der Waals surface area contributed by atoms with Crippen LogP contribution in [0.15, 0.2) is 12.1 Å². The molecule has 0 aliphatic heterocycles. The third-order valence-corrected chi connectivity index (χ3v) is 2.65. The first-order valence-electron chi connectivity index (χ1n) is 6.74. The highest BCUT2D eigenvalue weighted by molar-refractivity contribution is 5.93. The van der Waals surface area contributed by atoms with Crippen LogP contribution in [0, 0.1) is 0 Å². The van der Waals surface area contributed by atoms with E-state index in [1.165, 1.54) is 0 Å². The lowest BCUT2D eigenvalue weighted by molar-refractivity contribution is 0.119. The van der Waals surface area contributed by atoms with Gasteiger partial charge in [0.05, 0.1) is 39.8 Å². The minimum Gasteiger partial charge on any atom is -0.453 e. The molecule has 1 aromatic carbocycles. The number of nitrogens with one attached hydrogen (secondary N) is 2. The number of rotatable bonds is 4. The molecule has 0 atom stereocenters. The first-order chi connectivity index (χ1) is 12.3. The lowest BCUT2D eigenvalue weighted by atomic mass is 10.2. The maximum atomic E-state index is 11.5. The van der Waals surface area contributed by atoms with E-state index in [9.17, 15) is 19.2 Å². The Hall–Kier alpha value is -3.70. The van der Waals surface area contributed by atoms with E-state index >= 15 is 0 Å². The molecule has 1 aromatic rings. The topological polar surface area (TPSA) is 148 Å². The van der Waals surface area contributed by atoms with E-state index in [2.05, 4.69) is 29.6 Å². The highest BCUT2D eigenvalue weighted by Crippen LogP contribution is 2.37. The fraction of sp³-hybridized carbons (Fsp3) is 0.286. The Balaban J connectivity index is 3.41.